The van der Waals surface area contributed by atoms with Gasteiger partial charge in [-0.3, -0.25) is 14.9 Å². The molecule has 4 rings (SSSR count). The summed E-state index contributed by atoms with van der Waals surface area (Å²) in [5, 5.41) is 0. The predicted molar refractivity (Wildman–Crippen MR) is 106 cm³/mol. The topological polar surface area (TPSA) is 64.3 Å². The first-order chi connectivity index (χ1) is 13.3. The summed E-state index contributed by atoms with van der Waals surface area (Å²) in [6.07, 6.45) is 3.64. The summed E-state index contributed by atoms with van der Waals surface area (Å²) in [7, 11) is 0. The van der Waals surface area contributed by atoms with Crippen molar-refractivity contribution in [1.82, 2.24) is 14.9 Å². The molecule has 1 aliphatic rings. The summed E-state index contributed by atoms with van der Waals surface area (Å²) >= 11 is 0. The van der Waals surface area contributed by atoms with Crippen LogP contribution in [0.4, 0.5) is 0 Å². The number of nitrogens with two attached hydrogens (primary N) is 1. The highest BCUT2D eigenvalue weighted by molar-refractivity contribution is 5.59. The van der Waals surface area contributed by atoms with Gasteiger partial charge in [0.2, 0.25) is 0 Å². The summed E-state index contributed by atoms with van der Waals surface area (Å²) in [5.41, 5.74) is 10.9. The molecule has 0 amide bonds. The van der Waals surface area contributed by atoms with Gasteiger partial charge in [-0.1, -0.05) is 36.4 Å². The standard InChI is InChI=1S/C22H24N4O/c23-21(18-9-7-17(8-10-18)19-5-1-3-11-24-19)22(20-6-2-4-12-25-20)26-13-15-27-16-14-26/h1-12,21-22H,13-16,23H2. The van der Waals surface area contributed by atoms with Gasteiger partial charge in [0, 0.05) is 31.0 Å². The highest BCUT2D eigenvalue weighted by Gasteiger charge is 2.30. The Hall–Kier alpha value is -2.60. The van der Waals surface area contributed by atoms with Crippen molar-refractivity contribution in [3.63, 3.8) is 0 Å². The van der Waals surface area contributed by atoms with E-state index in [0.29, 0.717) is 0 Å². The highest BCUT2D eigenvalue weighted by atomic mass is 16.5. The van der Waals surface area contributed by atoms with Crippen molar-refractivity contribution in [3.05, 3.63) is 84.3 Å². The minimum absolute atomic E-state index is 0.0239. The van der Waals surface area contributed by atoms with E-state index in [9.17, 15) is 0 Å². The fraction of sp³-hybridized carbons (Fsp3) is 0.273. The molecular weight excluding hydrogens is 336 g/mol. The molecule has 27 heavy (non-hydrogen) atoms. The van der Waals surface area contributed by atoms with Gasteiger partial charge in [0.1, 0.15) is 0 Å². The maximum Gasteiger partial charge on any atom is 0.0717 e. The lowest BCUT2D eigenvalue weighted by atomic mass is 9.94. The van der Waals surface area contributed by atoms with Crippen LogP contribution in [0, 0.1) is 0 Å². The molecular formula is C22H24N4O. The first-order valence-electron chi connectivity index (χ1n) is 9.32. The minimum atomic E-state index is -0.171. The third-order valence-corrected chi connectivity index (χ3v) is 5.03. The van der Waals surface area contributed by atoms with Crippen LogP contribution in [-0.4, -0.2) is 41.2 Å². The number of aromatic nitrogens is 2. The summed E-state index contributed by atoms with van der Waals surface area (Å²) in [5.74, 6) is 0. The zero-order chi connectivity index (χ0) is 18.5. The van der Waals surface area contributed by atoms with E-state index in [1.165, 1.54) is 0 Å². The molecule has 2 N–H and O–H groups in total. The highest BCUT2D eigenvalue weighted by Crippen LogP contribution is 2.32. The Morgan fingerprint density at radius 1 is 0.852 bits per heavy atom. The average Bonchev–Trinajstić information content (AvgIpc) is 2.76. The molecule has 1 aliphatic heterocycles. The van der Waals surface area contributed by atoms with E-state index >= 15 is 0 Å². The molecule has 3 aromatic rings. The number of ether oxygens (including phenoxy) is 1. The molecule has 2 aromatic heterocycles. The fourth-order valence-electron chi connectivity index (χ4n) is 3.60. The van der Waals surface area contributed by atoms with E-state index < -0.39 is 0 Å². The van der Waals surface area contributed by atoms with E-state index in [2.05, 4.69) is 45.2 Å². The zero-order valence-electron chi connectivity index (χ0n) is 15.2. The average molecular weight is 360 g/mol. The molecule has 0 aliphatic carbocycles. The second kappa shape index (κ2) is 8.39. The van der Waals surface area contributed by atoms with E-state index in [0.717, 1.165) is 48.8 Å². The van der Waals surface area contributed by atoms with Crippen molar-refractivity contribution in [3.8, 4) is 11.3 Å². The van der Waals surface area contributed by atoms with Crippen LogP contribution in [0.25, 0.3) is 11.3 Å². The molecule has 0 bridgehead atoms. The molecule has 138 valence electrons. The van der Waals surface area contributed by atoms with Gasteiger partial charge < -0.3 is 10.5 Å². The van der Waals surface area contributed by atoms with Gasteiger partial charge in [-0.05, 0) is 29.8 Å². The first-order valence-corrected chi connectivity index (χ1v) is 9.32. The Labute approximate surface area is 159 Å². The number of morpholine rings is 1. The second-order valence-corrected chi connectivity index (χ2v) is 6.71. The molecule has 2 atom stereocenters. The van der Waals surface area contributed by atoms with Crippen LogP contribution in [0.3, 0.4) is 0 Å². The number of benzene rings is 1. The van der Waals surface area contributed by atoms with Crippen molar-refractivity contribution in [2.45, 2.75) is 12.1 Å². The third kappa shape index (κ3) is 4.06. The molecule has 5 nitrogen and oxygen atoms in total. The molecule has 2 unspecified atom stereocenters. The number of pyridine rings is 2. The van der Waals surface area contributed by atoms with Crippen LogP contribution in [0.1, 0.15) is 23.3 Å². The molecule has 0 radical (unpaired) electrons. The molecule has 0 saturated carbocycles. The lowest BCUT2D eigenvalue weighted by Gasteiger charge is -2.37. The van der Waals surface area contributed by atoms with Gasteiger partial charge in [0.25, 0.3) is 0 Å². The number of hydrogen-bond acceptors (Lipinski definition) is 5. The Balaban J connectivity index is 1.62. The van der Waals surface area contributed by atoms with E-state index in [-0.39, 0.29) is 12.1 Å². The van der Waals surface area contributed by atoms with Gasteiger partial charge >= 0.3 is 0 Å². The molecule has 1 saturated heterocycles. The van der Waals surface area contributed by atoms with Crippen molar-refractivity contribution in [2.75, 3.05) is 26.3 Å². The van der Waals surface area contributed by atoms with Crippen LogP contribution in [0.5, 0.6) is 0 Å². The summed E-state index contributed by atoms with van der Waals surface area (Å²) in [6, 6.07) is 20.2. The summed E-state index contributed by atoms with van der Waals surface area (Å²) in [6.45, 7) is 3.19. The lowest BCUT2D eigenvalue weighted by Crippen LogP contribution is -2.43. The predicted octanol–water partition coefficient (Wildman–Crippen LogP) is 3.22. The minimum Gasteiger partial charge on any atom is -0.379 e. The van der Waals surface area contributed by atoms with Gasteiger partial charge in [0.15, 0.2) is 0 Å². The molecule has 3 heterocycles. The van der Waals surface area contributed by atoms with Crippen molar-refractivity contribution >= 4 is 0 Å². The zero-order valence-corrected chi connectivity index (χ0v) is 15.2. The summed E-state index contributed by atoms with van der Waals surface area (Å²) in [4.78, 5) is 11.4. The first kappa shape index (κ1) is 17.8. The van der Waals surface area contributed by atoms with Gasteiger partial charge in [-0.25, -0.2) is 0 Å². The third-order valence-electron chi connectivity index (χ3n) is 5.03. The smallest absolute Gasteiger partial charge is 0.0717 e. The van der Waals surface area contributed by atoms with Gasteiger partial charge in [-0.2, -0.15) is 0 Å². The van der Waals surface area contributed by atoms with Crippen molar-refractivity contribution in [2.24, 2.45) is 5.73 Å². The van der Waals surface area contributed by atoms with Crippen LogP contribution in [-0.2, 0) is 4.74 Å². The monoisotopic (exact) mass is 360 g/mol. The van der Waals surface area contributed by atoms with E-state index in [4.69, 9.17) is 10.5 Å². The van der Waals surface area contributed by atoms with E-state index in [1.54, 1.807) is 0 Å². The molecule has 5 heteroatoms. The van der Waals surface area contributed by atoms with E-state index in [1.807, 2.05) is 42.7 Å². The molecule has 0 spiro atoms. The largest absolute Gasteiger partial charge is 0.379 e. The number of nitrogens with zero attached hydrogens (tertiary/aromatic N) is 3. The number of rotatable bonds is 5. The van der Waals surface area contributed by atoms with Gasteiger partial charge in [0.05, 0.1) is 36.7 Å². The Kier molecular flexibility index (Phi) is 5.53. The molecule has 1 aromatic carbocycles. The maximum atomic E-state index is 6.75. The second-order valence-electron chi connectivity index (χ2n) is 6.71. The van der Waals surface area contributed by atoms with Crippen molar-refractivity contribution < 1.29 is 4.74 Å². The van der Waals surface area contributed by atoms with Gasteiger partial charge in [-0.15, -0.1) is 0 Å². The molecule has 1 fully saturated rings. The van der Waals surface area contributed by atoms with Crippen molar-refractivity contribution in [1.29, 1.82) is 0 Å². The van der Waals surface area contributed by atoms with Crippen LogP contribution in [0.2, 0.25) is 0 Å². The van der Waals surface area contributed by atoms with Crippen LogP contribution in [0.15, 0.2) is 73.1 Å². The Morgan fingerprint density at radius 2 is 1.56 bits per heavy atom. The Morgan fingerprint density at radius 3 is 2.19 bits per heavy atom. The maximum absolute atomic E-state index is 6.75. The van der Waals surface area contributed by atoms with Crippen LogP contribution >= 0.6 is 0 Å². The quantitative estimate of drug-likeness (QED) is 0.757. The van der Waals surface area contributed by atoms with Crippen LogP contribution < -0.4 is 5.73 Å². The lowest BCUT2D eigenvalue weighted by molar-refractivity contribution is 0.00917. The Bertz CT molecular complexity index is 833. The normalized spacial score (nSPS) is 17.4. The number of hydrogen-bond donors (Lipinski definition) is 1. The summed E-state index contributed by atoms with van der Waals surface area (Å²) < 4.78 is 5.53. The SMILES string of the molecule is NC(c1ccc(-c2ccccn2)cc1)C(c1ccccn1)N1CCOCC1. The fourth-order valence-corrected chi connectivity index (χ4v) is 3.60.